The van der Waals surface area contributed by atoms with Gasteiger partial charge in [-0.15, -0.1) is 0 Å². The van der Waals surface area contributed by atoms with Crippen LogP contribution in [0.3, 0.4) is 0 Å². The van der Waals surface area contributed by atoms with Crippen molar-refractivity contribution < 1.29 is 9.59 Å². The van der Waals surface area contributed by atoms with Crippen molar-refractivity contribution in [2.75, 3.05) is 12.4 Å². The molecule has 1 N–H and O–H groups in total. The molecule has 1 aliphatic carbocycles. The van der Waals surface area contributed by atoms with Crippen LogP contribution in [0.15, 0.2) is 52.3 Å². The van der Waals surface area contributed by atoms with Crippen LogP contribution in [0.2, 0.25) is 0 Å². The van der Waals surface area contributed by atoms with Gasteiger partial charge in [-0.1, -0.05) is 48.7 Å². The molecule has 5 heteroatoms. The third-order valence-electron chi connectivity index (χ3n) is 5.23. The van der Waals surface area contributed by atoms with Crippen LogP contribution in [0.4, 0.5) is 5.69 Å². The first-order valence-corrected chi connectivity index (χ1v) is 10.7. The number of hydrogen-bond donors (Lipinski definition) is 1. The first-order valence-electron chi connectivity index (χ1n) is 9.87. The maximum Gasteiger partial charge on any atom is 0.253 e. The van der Waals surface area contributed by atoms with E-state index >= 15 is 0 Å². The minimum atomic E-state index is -0.143. The molecule has 1 fully saturated rings. The molecule has 0 unspecified atom stereocenters. The molecule has 4 nitrogen and oxygen atoms in total. The lowest BCUT2D eigenvalue weighted by Gasteiger charge is -2.31. The molecule has 3 rings (SSSR count). The van der Waals surface area contributed by atoms with E-state index in [0.29, 0.717) is 17.3 Å². The highest BCUT2D eigenvalue weighted by Crippen LogP contribution is 2.35. The Bertz CT molecular complexity index is 842. The molecule has 0 aromatic heterocycles. The highest BCUT2D eigenvalue weighted by Gasteiger charge is 2.23. The topological polar surface area (TPSA) is 49.4 Å². The van der Waals surface area contributed by atoms with Gasteiger partial charge < -0.3 is 10.2 Å². The zero-order valence-corrected chi connectivity index (χ0v) is 17.6. The normalized spacial score (nSPS) is 14.5. The molecular formula is C23H28N2O2S. The molecule has 2 amide bonds. The number of aryl methyl sites for hydroxylation is 1. The number of benzene rings is 2. The quantitative estimate of drug-likeness (QED) is 0.725. The van der Waals surface area contributed by atoms with Crippen molar-refractivity contribution in [3.63, 3.8) is 0 Å². The van der Waals surface area contributed by atoms with E-state index in [9.17, 15) is 9.59 Å². The smallest absolute Gasteiger partial charge is 0.253 e. The van der Waals surface area contributed by atoms with Gasteiger partial charge in [-0.3, -0.25) is 9.59 Å². The molecule has 1 aliphatic rings. The Kier molecular flexibility index (Phi) is 6.79. The predicted octanol–water partition coefficient (Wildman–Crippen LogP) is 5.51. The molecule has 0 aliphatic heterocycles. The Morgan fingerprint density at radius 1 is 1.04 bits per heavy atom. The summed E-state index contributed by atoms with van der Waals surface area (Å²) in [5.41, 5.74) is 2.50. The second kappa shape index (κ2) is 9.28. The lowest BCUT2D eigenvalue weighted by atomic mass is 9.94. The molecule has 0 heterocycles. The standard InChI is InChI=1S/C23H28N2O2S/c1-16-9-12-20(13-10-16)28-22-14-11-18(15-21(22)24-17(2)26)23(27)25(3)19-7-5-4-6-8-19/h9-15,19H,4-8H2,1-3H3,(H,24,26). The fourth-order valence-corrected chi connectivity index (χ4v) is 4.49. The SMILES string of the molecule is CC(=O)Nc1cc(C(=O)N(C)C2CCCCC2)ccc1Sc1ccc(C)cc1. The molecule has 0 spiro atoms. The van der Waals surface area contributed by atoms with E-state index in [1.807, 2.05) is 24.1 Å². The van der Waals surface area contributed by atoms with Crippen molar-refractivity contribution >= 4 is 29.3 Å². The van der Waals surface area contributed by atoms with Gasteiger partial charge in [-0.2, -0.15) is 0 Å². The fraction of sp³-hybridized carbons (Fsp3) is 0.391. The van der Waals surface area contributed by atoms with Gasteiger partial charge in [0.25, 0.3) is 5.91 Å². The van der Waals surface area contributed by atoms with E-state index in [1.165, 1.54) is 31.7 Å². The number of hydrogen-bond acceptors (Lipinski definition) is 3. The number of carbonyl (C=O) groups is 2. The summed E-state index contributed by atoms with van der Waals surface area (Å²) in [6.07, 6.45) is 5.78. The summed E-state index contributed by atoms with van der Waals surface area (Å²) >= 11 is 1.58. The second-order valence-electron chi connectivity index (χ2n) is 7.52. The van der Waals surface area contributed by atoms with Gasteiger partial charge in [-0.25, -0.2) is 0 Å². The molecule has 1 saturated carbocycles. The Labute approximate surface area is 171 Å². The molecule has 0 bridgehead atoms. The number of nitrogens with one attached hydrogen (secondary N) is 1. The van der Waals surface area contributed by atoms with Crippen LogP contribution in [0.25, 0.3) is 0 Å². The summed E-state index contributed by atoms with van der Waals surface area (Å²) in [4.78, 5) is 28.6. The van der Waals surface area contributed by atoms with Crippen molar-refractivity contribution in [3.05, 3.63) is 53.6 Å². The van der Waals surface area contributed by atoms with Gasteiger partial charge in [0.15, 0.2) is 0 Å². The zero-order valence-electron chi connectivity index (χ0n) is 16.8. The average Bonchev–Trinajstić information content (AvgIpc) is 2.70. The largest absolute Gasteiger partial charge is 0.339 e. The number of rotatable bonds is 5. The number of nitrogens with zero attached hydrogens (tertiary/aromatic N) is 1. The third-order valence-corrected chi connectivity index (χ3v) is 6.31. The molecule has 28 heavy (non-hydrogen) atoms. The molecule has 0 atom stereocenters. The summed E-state index contributed by atoms with van der Waals surface area (Å²) < 4.78 is 0. The van der Waals surface area contributed by atoms with E-state index in [0.717, 1.165) is 22.6 Å². The van der Waals surface area contributed by atoms with Gasteiger partial charge in [0, 0.05) is 35.4 Å². The minimum Gasteiger partial charge on any atom is -0.339 e. The first-order chi connectivity index (χ1) is 13.4. The lowest BCUT2D eigenvalue weighted by molar-refractivity contribution is -0.114. The third kappa shape index (κ3) is 5.16. The van der Waals surface area contributed by atoms with E-state index in [-0.39, 0.29) is 11.8 Å². The molecule has 2 aromatic rings. The zero-order chi connectivity index (χ0) is 20.1. The molecule has 0 saturated heterocycles. The highest BCUT2D eigenvalue weighted by molar-refractivity contribution is 7.99. The minimum absolute atomic E-state index is 0.0189. The van der Waals surface area contributed by atoms with Crippen LogP contribution in [-0.4, -0.2) is 29.8 Å². The van der Waals surface area contributed by atoms with Gasteiger partial charge in [0.2, 0.25) is 5.91 Å². The van der Waals surface area contributed by atoms with Crippen LogP contribution in [-0.2, 0) is 4.79 Å². The number of carbonyl (C=O) groups excluding carboxylic acids is 2. The van der Waals surface area contributed by atoms with Crippen LogP contribution in [0, 0.1) is 6.92 Å². The summed E-state index contributed by atoms with van der Waals surface area (Å²) in [5.74, 6) is -0.124. The van der Waals surface area contributed by atoms with Crippen LogP contribution < -0.4 is 5.32 Å². The van der Waals surface area contributed by atoms with E-state index in [1.54, 1.807) is 17.8 Å². The summed E-state index contributed by atoms with van der Waals surface area (Å²) in [5, 5.41) is 2.89. The molecule has 2 aromatic carbocycles. The van der Waals surface area contributed by atoms with Gasteiger partial charge in [0.05, 0.1) is 5.69 Å². The van der Waals surface area contributed by atoms with Crippen molar-refractivity contribution in [1.29, 1.82) is 0 Å². The van der Waals surface area contributed by atoms with Crippen molar-refractivity contribution in [3.8, 4) is 0 Å². The maximum atomic E-state index is 13.0. The predicted molar refractivity (Wildman–Crippen MR) is 115 cm³/mol. The lowest BCUT2D eigenvalue weighted by Crippen LogP contribution is -2.38. The summed E-state index contributed by atoms with van der Waals surface area (Å²) in [7, 11) is 1.89. The van der Waals surface area contributed by atoms with E-state index < -0.39 is 0 Å². The summed E-state index contributed by atoms with van der Waals surface area (Å²) in [6, 6.07) is 14.2. The molecule has 0 radical (unpaired) electrons. The second-order valence-corrected chi connectivity index (χ2v) is 8.63. The molecular weight excluding hydrogens is 368 g/mol. The maximum absolute atomic E-state index is 13.0. The number of anilines is 1. The Morgan fingerprint density at radius 2 is 1.71 bits per heavy atom. The first kappa shape index (κ1) is 20.5. The van der Waals surface area contributed by atoms with Crippen molar-refractivity contribution in [2.45, 2.75) is 61.8 Å². The average molecular weight is 397 g/mol. The van der Waals surface area contributed by atoms with Crippen LogP contribution in [0.1, 0.15) is 54.9 Å². The Morgan fingerprint density at radius 3 is 2.36 bits per heavy atom. The fourth-order valence-electron chi connectivity index (χ4n) is 3.61. The van der Waals surface area contributed by atoms with Crippen molar-refractivity contribution in [2.24, 2.45) is 0 Å². The van der Waals surface area contributed by atoms with Gasteiger partial charge >= 0.3 is 0 Å². The van der Waals surface area contributed by atoms with E-state index in [2.05, 4.69) is 36.5 Å². The number of amides is 2. The Hall–Kier alpha value is -2.27. The van der Waals surface area contributed by atoms with E-state index in [4.69, 9.17) is 0 Å². The van der Waals surface area contributed by atoms with Crippen molar-refractivity contribution in [1.82, 2.24) is 4.90 Å². The monoisotopic (exact) mass is 396 g/mol. The summed E-state index contributed by atoms with van der Waals surface area (Å²) in [6.45, 7) is 3.55. The highest BCUT2D eigenvalue weighted by atomic mass is 32.2. The van der Waals surface area contributed by atoms with Gasteiger partial charge in [0.1, 0.15) is 0 Å². The van der Waals surface area contributed by atoms with Gasteiger partial charge in [-0.05, 0) is 50.1 Å². The van der Waals surface area contributed by atoms with Crippen LogP contribution in [0.5, 0.6) is 0 Å². The Balaban J connectivity index is 1.83. The van der Waals surface area contributed by atoms with Crippen LogP contribution >= 0.6 is 11.8 Å². The molecule has 148 valence electrons.